The molecule has 0 aromatic heterocycles. The Labute approximate surface area is 87.0 Å². The zero-order valence-corrected chi connectivity index (χ0v) is 9.10. The highest BCUT2D eigenvalue weighted by Crippen LogP contribution is 2.45. The zero-order chi connectivity index (χ0) is 9.43. The van der Waals surface area contributed by atoms with Crippen molar-refractivity contribution >= 4 is 0 Å². The van der Waals surface area contributed by atoms with Crippen LogP contribution < -0.4 is 5.32 Å². The number of piperidine rings is 3. The Hall–Kier alpha value is -0.0800. The normalized spacial score (nSPS) is 48.0. The molecule has 3 aliphatic rings. The highest BCUT2D eigenvalue weighted by molar-refractivity contribution is 4.97. The van der Waals surface area contributed by atoms with Crippen molar-refractivity contribution in [2.45, 2.75) is 32.1 Å². The first-order valence-corrected chi connectivity index (χ1v) is 6.32. The fourth-order valence-corrected chi connectivity index (χ4v) is 3.90. The molecule has 2 bridgehead atoms. The molecule has 0 saturated carbocycles. The van der Waals surface area contributed by atoms with E-state index in [4.69, 9.17) is 0 Å². The van der Waals surface area contributed by atoms with Crippen LogP contribution in [0.5, 0.6) is 0 Å². The lowest BCUT2D eigenvalue weighted by Gasteiger charge is -2.52. The molecule has 0 aliphatic carbocycles. The van der Waals surface area contributed by atoms with Crippen molar-refractivity contribution in [3.05, 3.63) is 0 Å². The second-order valence-electron chi connectivity index (χ2n) is 5.53. The third kappa shape index (κ3) is 1.40. The van der Waals surface area contributed by atoms with Gasteiger partial charge < -0.3 is 10.2 Å². The number of nitrogens with zero attached hydrogens (tertiary/aromatic N) is 1. The van der Waals surface area contributed by atoms with Gasteiger partial charge in [0.25, 0.3) is 0 Å². The predicted octanol–water partition coefficient (Wildman–Crippen LogP) is 1.47. The van der Waals surface area contributed by atoms with Crippen LogP contribution in [0.15, 0.2) is 0 Å². The summed E-state index contributed by atoms with van der Waals surface area (Å²) < 4.78 is 0. The van der Waals surface area contributed by atoms with Crippen LogP contribution in [-0.2, 0) is 0 Å². The quantitative estimate of drug-likeness (QED) is 0.628. The van der Waals surface area contributed by atoms with Gasteiger partial charge in [0, 0.05) is 13.1 Å². The van der Waals surface area contributed by atoms with E-state index in [2.05, 4.69) is 10.2 Å². The van der Waals surface area contributed by atoms with Gasteiger partial charge in [-0.2, -0.15) is 0 Å². The van der Waals surface area contributed by atoms with Gasteiger partial charge in [0.15, 0.2) is 0 Å². The molecule has 3 unspecified atom stereocenters. The molecule has 2 nitrogen and oxygen atoms in total. The fourth-order valence-electron chi connectivity index (χ4n) is 3.90. The third-order valence-electron chi connectivity index (χ3n) is 4.80. The first kappa shape index (κ1) is 9.17. The van der Waals surface area contributed by atoms with E-state index in [1.165, 1.54) is 64.8 Å². The number of hydrogen-bond acceptors (Lipinski definition) is 2. The van der Waals surface area contributed by atoms with Crippen molar-refractivity contribution < 1.29 is 0 Å². The molecule has 3 heterocycles. The molecule has 3 fully saturated rings. The molecular formula is C12H22N2. The first-order chi connectivity index (χ1) is 6.89. The van der Waals surface area contributed by atoms with Crippen molar-refractivity contribution in [3.8, 4) is 0 Å². The summed E-state index contributed by atoms with van der Waals surface area (Å²) in [7, 11) is 0. The molecular weight excluding hydrogens is 172 g/mol. The van der Waals surface area contributed by atoms with Crippen LogP contribution >= 0.6 is 0 Å². The molecule has 0 radical (unpaired) electrons. The Bertz CT molecular complexity index is 208. The highest BCUT2D eigenvalue weighted by Gasteiger charge is 2.44. The summed E-state index contributed by atoms with van der Waals surface area (Å²) in [6.45, 7) is 6.73. The van der Waals surface area contributed by atoms with Crippen LogP contribution in [0.4, 0.5) is 0 Å². The summed E-state index contributed by atoms with van der Waals surface area (Å²) in [6.07, 6.45) is 7.32. The standard InChI is InChI=1S/C12H22N2/c1-3-11-9-14(7-1)8-5-12(11)4-2-6-13-10-12/h11,13H,1-10H2. The summed E-state index contributed by atoms with van der Waals surface area (Å²) in [5.41, 5.74) is 0.704. The third-order valence-corrected chi connectivity index (χ3v) is 4.80. The summed E-state index contributed by atoms with van der Waals surface area (Å²) in [5.74, 6) is 1.01. The summed E-state index contributed by atoms with van der Waals surface area (Å²) in [5, 5.41) is 3.63. The van der Waals surface area contributed by atoms with E-state index < -0.39 is 0 Å². The van der Waals surface area contributed by atoms with Gasteiger partial charge >= 0.3 is 0 Å². The highest BCUT2D eigenvalue weighted by atomic mass is 15.1. The molecule has 0 amide bonds. The summed E-state index contributed by atoms with van der Waals surface area (Å²) in [4.78, 5) is 2.69. The van der Waals surface area contributed by atoms with Gasteiger partial charge in [-0.15, -0.1) is 0 Å². The molecule has 3 aliphatic heterocycles. The molecule has 1 N–H and O–H groups in total. The molecule has 1 spiro atoms. The van der Waals surface area contributed by atoms with Crippen molar-refractivity contribution in [3.63, 3.8) is 0 Å². The van der Waals surface area contributed by atoms with Crippen LogP contribution in [0.1, 0.15) is 32.1 Å². The number of nitrogens with one attached hydrogen (secondary N) is 1. The van der Waals surface area contributed by atoms with Crippen LogP contribution in [-0.4, -0.2) is 37.6 Å². The first-order valence-electron chi connectivity index (χ1n) is 6.32. The average molecular weight is 194 g/mol. The molecule has 14 heavy (non-hydrogen) atoms. The van der Waals surface area contributed by atoms with Crippen LogP contribution in [0.3, 0.4) is 0 Å². The van der Waals surface area contributed by atoms with Gasteiger partial charge in [-0.05, 0) is 63.1 Å². The van der Waals surface area contributed by atoms with E-state index in [-0.39, 0.29) is 0 Å². The Morgan fingerprint density at radius 1 is 1.14 bits per heavy atom. The maximum atomic E-state index is 3.63. The molecule has 3 saturated heterocycles. The van der Waals surface area contributed by atoms with Gasteiger partial charge in [0.05, 0.1) is 0 Å². The molecule has 3 atom stereocenters. The smallest absolute Gasteiger partial charge is 0.00155 e. The molecule has 0 aromatic rings. The van der Waals surface area contributed by atoms with E-state index >= 15 is 0 Å². The molecule has 3 rings (SSSR count). The lowest BCUT2D eigenvalue weighted by Crippen LogP contribution is -2.56. The van der Waals surface area contributed by atoms with E-state index in [0.717, 1.165) is 5.92 Å². The average Bonchev–Trinajstić information content (AvgIpc) is 2.27. The number of fused-ring (bicyclic) bond motifs is 3. The predicted molar refractivity (Wildman–Crippen MR) is 58.3 cm³/mol. The topological polar surface area (TPSA) is 15.3 Å². The minimum absolute atomic E-state index is 0.704. The Kier molecular flexibility index (Phi) is 2.29. The minimum atomic E-state index is 0.704. The van der Waals surface area contributed by atoms with E-state index in [1.54, 1.807) is 0 Å². The summed E-state index contributed by atoms with van der Waals surface area (Å²) in [6, 6.07) is 0. The van der Waals surface area contributed by atoms with Crippen LogP contribution in [0, 0.1) is 11.3 Å². The molecule has 2 heteroatoms. The van der Waals surface area contributed by atoms with Gasteiger partial charge in [-0.3, -0.25) is 0 Å². The van der Waals surface area contributed by atoms with Crippen LogP contribution in [0.2, 0.25) is 0 Å². The van der Waals surface area contributed by atoms with E-state index in [0.29, 0.717) is 5.41 Å². The largest absolute Gasteiger partial charge is 0.316 e. The van der Waals surface area contributed by atoms with Gasteiger partial charge in [-0.1, -0.05) is 0 Å². The number of hydrogen-bond donors (Lipinski definition) is 1. The lowest BCUT2D eigenvalue weighted by molar-refractivity contribution is -0.0166. The summed E-state index contributed by atoms with van der Waals surface area (Å²) >= 11 is 0. The van der Waals surface area contributed by atoms with E-state index in [9.17, 15) is 0 Å². The SMILES string of the molecule is C1CC2CN(C1)CCC21CCCNC1. The van der Waals surface area contributed by atoms with Crippen molar-refractivity contribution in [2.75, 3.05) is 32.7 Å². The Balaban J connectivity index is 1.77. The number of rotatable bonds is 0. The molecule has 0 aromatic carbocycles. The van der Waals surface area contributed by atoms with Crippen molar-refractivity contribution in [1.29, 1.82) is 0 Å². The van der Waals surface area contributed by atoms with E-state index in [1.807, 2.05) is 0 Å². The van der Waals surface area contributed by atoms with Crippen molar-refractivity contribution in [2.24, 2.45) is 11.3 Å². The lowest BCUT2D eigenvalue weighted by atomic mass is 9.63. The maximum absolute atomic E-state index is 3.63. The second kappa shape index (κ2) is 3.49. The minimum Gasteiger partial charge on any atom is -0.316 e. The van der Waals surface area contributed by atoms with Gasteiger partial charge in [0.1, 0.15) is 0 Å². The van der Waals surface area contributed by atoms with Crippen LogP contribution in [0.25, 0.3) is 0 Å². The van der Waals surface area contributed by atoms with Crippen molar-refractivity contribution in [1.82, 2.24) is 10.2 Å². The maximum Gasteiger partial charge on any atom is 0.00155 e. The Morgan fingerprint density at radius 3 is 3.00 bits per heavy atom. The second-order valence-corrected chi connectivity index (χ2v) is 5.53. The van der Waals surface area contributed by atoms with Gasteiger partial charge in [-0.25, -0.2) is 0 Å². The Morgan fingerprint density at radius 2 is 2.14 bits per heavy atom. The fraction of sp³-hybridized carbons (Fsp3) is 1.00. The monoisotopic (exact) mass is 194 g/mol. The van der Waals surface area contributed by atoms with Gasteiger partial charge in [0.2, 0.25) is 0 Å². The molecule has 80 valence electrons. The zero-order valence-electron chi connectivity index (χ0n) is 9.10.